The maximum absolute atomic E-state index is 5.40. The van der Waals surface area contributed by atoms with Crippen LogP contribution in [0.1, 0.15) is 24.1 Å². The molecule has 2 saturated heterocycles. The monoisotopic (exact) mass is 381 g/mol. The standard InChI is InChI=1S/C20H27N7O/c1-2-4-17-16(3-1)15-20(24-21-17)26-9-7-25(8-10-26)18-5-6-19(23-22-18)27-11-13-28-14-12-27/h5-6,15H,1-4,7-14H2. The van der Waals surface area contributed by atoms with Crippen molar-refractivity contribution in [3.8, 4) is 0 Å². The molecule has 4 heterocycles. The molecule has 0 radical (unpaired) electrons. The lowest BCUT2D eigenvalue weighted by Gasteiger charge is -2.36. The Bertz CT molecular complexity index is 799. The number of ether oxygens (including phenoxy) is 1. The lowest BCUT2D eigenvalue weighted by atomic mass is 9.97. The number of hydrogen-bond acceptors (Lipinski definition) is 8. The quantitative estimate of drug-likeness (QED) is 0.788. The molecule has 8 nitrogen and oxygen atoms in total. The average molecular weight is 381 g/mol. The normalized spacial score (nSPS) is 20.2. The van der Waals surface area contributed by atoms with Crippen LogP contribution < -0.4 is 14.7 Å². The van der Waals surface area contributed by atoms with Gasteiger partial charge in [-0.2, -0.15) is 5.10 Å². The SMILES string of the molecule is c1cc(N2CCN(c3cc4c(nn3)CCCC4)CC2)nnc1N1CCOCC1. The van der Waals surface area contributed by atoms with E-state index in [9.17, 15) is 0 Å². The Morgan fingerprint density at radius 2 is 1.21 bits per heavy atom. The molecule has 0 spiro atoms. The second-order valence-electron chi connectivity index (χ2n) is 7.70. The topological polar surface area (TPSA) is 70.5 Å². The summed E-state index contributed by atoms with van der Waals surface area (Å²) in [6.07, 6.45) is 4.73. The van der Waals surface area contributed by atoms with E-state index in [1.165, 1.54) is 24.1 Å². The van der Waals surface area contributed by atoms with Crippen molar-refractivity contribution in [2.24, 2.45) is 0 Å². The van der Waals surface area contributed by atoms with E-state index in [1.807, 2.05) is 0 Å². The number of aromatic nitrogens is 4. The summed E-state index contributed by atoms with van der Waals surface area (Å²) in [5.41, 5.74) is 2.59. The highest BCUT2D eigenvalue weighted by atomic mass is 16.5. The summed E-state index contributed by atoms with van der Waals surface area (Å²) in [5, 5.41) is 17.9. The molecule has 0 aromatic carbocycles. The van der Waals surface area contributed by atoms with Gasteiger partial charge in [-0.3, -0.25) is 0 Å². The molecule has 0 atom stereocenters. The van der Waals surface area contributed by atoms with E-state index in [4.69, 9.17) is 4.74 Å². The molecule has 0 amide bonds. The first-order valence-electron chi connectivity index (χ1n) is 10.4. The third-order valence-electron chi connectivity index (χ3n) is 5.96. The van der Waals surface area contributed by atoms with E-state index in [1.54, 1.807) is 0 Å². The van der Waals surface area contributed by atoms with Crippen LogP contribution in [-0.4, -0.2) is 72.9 Å². The Kier molecular flexibility index (Phi) is 4.95. The molecule has 2 aromatic rings. The molecule has 2 fully saturated rings. The zero-order chi connectivity index (χ0) is 18.8. The number of morpholine rings is 1. The molecular formula is C20H27N7O. The minimum absolute atomic E-state index is 0.761. The van der Waals surface area contributed by atoms with Crippen molar-refractivity contribution in [3.63, 3.8) is 0 Å². The predicted molar refractivity (Wildman–Crippen MR) is 108 cm³/mol. The number of piperazine rings is 1. The summed E-state index contributed by atoms with van der Waals surface area (Å²) in [7, 11) is 0. The fourth-order valence-corrected chi connectivity index (χ4v) is 4.25. The van der Waals surface area contributed by atoms with E-state index in [-0.39, 0.29) is 0 Å². The molecule has 28 heavy (non-hydrogen) atoms. The Morgan fingerprint density at radius 3 is 1.89 bits per heavy atom. The molecule has 0 bridgehead atoms. The molecule has 148 valence electrons. The van der Waals surface area contributed by atoms with Crippen LogP contribution in [0, 0.1) is 0 Å². The Balaban J connectivity index is 1.21. The predicted octanol–water partition coefficient (Wildman–Crippen LogP) is 1.31. The van der Waals surface area contributed by atoms with Crippen molar-refractivity contribution in [1.29, 1.82) is 0 Å². The Hall–Kier alpha value is -2.48. The minimum atomic E-state index is 0.761. The molecular weight excluding hydrogens is 354 g/mol. The van der Waals surface area contributed by atoms with Crippen LogP contribution >= 0.6 is 0 Å². The summed E-state index contributed by atoms with van der Waals surface area (Å²) in [6.45, 7) is 6.99. The van der Waals surface area contributed by atoms with E-state index >= 15 is 0 Å². The van der Waals surface area contributed by atoms with Crippen LogP contribution in [0.15, 0.2) is 18.2 Å². The number of fused-ring (bicyclic) bond motifs is 1. The summed E-state index contributed by atoms with van der Waals surface area (Å²) >= 11 is 0. The van der Waals surface area contributed by atoms with Gasteiger partial charge in [-0.25, -0.2) is 0 Å². The molecule has 0 saturated carbocycles. The molecule has 8 heteroatoms. The van der Waals surface area contributed by atoms with Gasteiger partial charge < -0.3 is 19.4 Å². The first kappa shape index (κ1) is 17.6. The van der Waals surface area contributed by atoms with Crippen LogP contribution in [0.4, 0.5) is 17.5 Å². The summed E-state index contributed by atoms with van der Waals surface area (Å²) in [5.74, 6) is 2.91. The van der Waals surface area contributed by atoms with E-state index in [0.29, 0.717) is 0 Å². The lowest BCUT2D eigenvalue weighted by Crippen LogP contribution is -2.47. The van der Waals surface area contributed by atoms with Crippen molar-refractivity contribution < 1.29 is 4.74 Å². The van der Waals surface area contributed by atoms with Crippen molar-refractivity contribution in [1.82, 2.24) is 20.4 Å². The summed E-state index contributed by atoms with van der Waals surface area (Å²) in [6, 6.07) is 6.43. The molecule has 2 aromatic heterocycles. The number of rotatable bonds is 3. The highest BCUT2D eigenvalue weighted by Crippen LogP contribution is 2.24. The highest BCUT2D eigenvalue weighted by Gasteiger charge is 2.22. The maximum atomic E-state index is 5.40. The van der Waals surface area contributed by atoms with Gasteiger partial charge >= 0.3 is 0 Å². The fourth-order valence-electron chi connectivity index (χ4n) is 4.25. The van der Waals surface area contributed by atoms with Gasteiger partial charge in [0.25, 0.3) is 0 Å². The van der Waals surface area contributed by atoms with Gasteiger partial charge in [0.05, 0.1) is 18.9 Å². The van der Waals surface area contributed by atoms with Crippen molar-refractivity contribution in [2.75, 3.05) is 67.2 Å². The number of anilines is 3. The first-order chi connectivity index (χ1) is 13.9. The zero-order valence-corrected chi connectivity index (χ0v) is 16.3. The van der Waals surface area contributed by atoms with Gasteiger partial charge in [0.2, 0.25) is 0 Å². The third kappa shape index (κ3) is 3.61. The van der Waals surface area contributed by atoms with Crippen molar-refractivity contribution in [2.45, 2.75) is 25.7 Å². The van der Waals surface area contributed by atoms with E-state index < -0.39 is 0 Å². The Morgan fingerprint density at radius 1 is 0.643 bits per heavy atom. The fraction of sp³-hybridized carbons (Fsp3) is 0.600. The van der Waals surface area contributed by atoms with Gasteiger partial charge in [-0.05, 0) is 49.4 Å². The minimum Gasteiger partial charge on any atom is -0.378 e. The van der Waals surface area contributed by atoms with Gasteiger partial charge in [0.15, 0.2) is 17.5 Å². The van der Waals surface area contributed by atoms with Crippen LogP contribution in [0.3, 0.4) is 0 Å². The maximum Gasteiger partial charge on any atom is 0.151 e. The van der Waals surface area contributed by atoms with E-state index in [2.05, 4.69) is 53.3 Å². The van der Waals surface area contributed by atoms with Crippen molar-refractivity contribution >= 4 is 17.5 Å². The smallest absolute Gasteiger partial charge is 0.151 e. The van der Waals surface area contributed by atoms with Gasteiger partial charge in [-0.15, -0.1) is 15.3 Å². The van der Waals surface area contributed by atoms with E-state index in [0.717, 1.165) is 82.8 Å². The lowest BCUT2D eigenvalue weighted by molar-refractivity contribution is 0.122. The molecule has 0 N–H and O–H groups in total. The number of hydrogen-bond donors (Lipinski definition) is 0. The van der Waals surface area contributed by atoms with Crippen LogP contribution in [0.25, 0.3) is 0 Å². The third-order valence-corrected chi connectivity index (χ3v) is 5.96. The largest absolute Gasteiger partial charge is 0.378 e. The molecule has 0 unspecified atom stereocenters. The first-order valence-corrected chi connectivity index (χ1v) is 10.4. The molecule has 5 rings (SSSR count). The number of aryl methyl sites for hydroxylation is 2. The Labute approximate surface area is 165 Å². The highest BCUT2D eigenvalue weighted by molar-refractivity contribution is 5.48. The van der Waals surface area contributed by atoms with Gasteiger partial charge in [0, 0.05) is 39.3 Å². The zero-order valence-electron chi connectivity index (χ0n) is 16.3. The van der Waals surface area contributed by atoms with Gasteiger partial charge in [0.1, 0.15) is 0 Å². The second-order valence-corrected chi connectivity index (χ2v) is 7.70. The summed E-state index contributed by atoms with van der Waals surface area (Å²) in [4.78, 5) is 6.87. The summed E-state index contributed by atoms with van der Waals surface area (Å²) < 4.78 is 5.40. The van der Waals surface area contributed by atoms with Crippen LogP contribution in [-0.2, 0) is 17.6 Å². The molecule has 2 aliphatic heterocycles. The average Bonchev–Trinajstić information content (AvgIpc) is 2.80. The van der Waals surface area contributed by atoms with Crippen LogP contribution in [0.5, 0.6) is 0 Å². The number of nitrogens with zero attached hydrogens (tertiary/aromatic N) is 7. The second kappa shape index (κ2) is 7.87. The molecule has 1 aliphatic carbocycles. The molecule has 3 aliphatic rings. The van der Waals surface area contributed by atoms with Crippen molar-refractivity contribution in [3.05, 3.63) is 29.5 Å². The van der Waals surface area contributed by atoms with Gasteiger partial charge in [-0.1, -0.05) is 0 Å². The van der Waals surface area contributed by atoms with Crippen LogP contribution in [0.2, 0.25) is 0 Å².